The third-order valence-corrected chi connectivity index (χ3v) is 5.65. The molecule has 206 valence electrons. The molecule has 0 radical (unpaired) electrons. The molecule has 5 amide bonds. The molecule has 1 aliphatic rings. The summed E-state index contributed by atoms with van der Waals surface area (Å²) in [6.45, 7) is 4.37. The highest BCUT2D eigenvalue weighted by atomic mass is 16.5. The summed E-state index contributed by atoms with van der Waals surface area (Å²) in [4.78, 5) is 51.8. The van der Waals surface area contributed by atoms with Crippen molar-refractivity contribution in [2.75, 3.05) is 30.0 Å². The molecule has 4 rings (SSSR count). The zero-order chi connectivity index (χ0) is 28.5. The summed E-state index contributed by atoms with van der Waals surface area (Å²) in [5.74, 6) is -0.752. The van der Waals surface area contributed by atoms with Gasteiger partial charge < -0.3 is 19.5 Å². The standard InChI is InChI=1S/C30H29N3O7/c1-3-15-39-25-14-13-22(18-26(25)38-4-2)33-29(36)24(28(35)32-30(33)37)17-20-9-8-12-23(16-20)40-19-27(34)31-21-10-6-5-7-11-21/h5-14,16-18H,3-4,15,19H2,1-2H3,(H,31,34)(H,32,35,37)/b24-17+. The number of hydrogen-bond acceptors (Lipinski definition) is 7. The fourth-order valence-electron chi connectivity index (χ4n) is 3.86. The summed E-state index contributed by atoms with van der Waals surface area (Å²) in [7, 11) is 0. The van der Waals surface area contributed by atoms with E-state index in [0.29, 0.717) is 41.7 Å². The Labute approximate surface area is 231 Å². The Bertz CT molecular complexity index is 1440. The van der Waals surface area contributed by atoms with E-state index in [1.807, 2.05) is 19.9 Å². The summed E-state index contributed by atoms with van der Waals surface area (Å²) in [5.41, 5.74) is 1.08. The molecule has 2 N–H and O–H groups in total. The first-order valence-electron chi connectivity index (χ1n) is 12.8. The molecule has 1 fully saturated rings. The summed E-state index contributed by atoms with van der Waals surface area (Å²) in [6.07, 6.45) is 2.15. The van der Waals surface area contributed by atoms with Gasteiger partial charge in [-0.15, -0.1) is 0 Å². The van der Waals surface area contributed by atoms with Gasteiger partial charge in [-0.2, -0.15) is 0 Å². The van der Waals surface area contributed by atoms with Gasteiger partial charge in [-0.05, 0) is 61.4 Å². The van der Waals surface area contributed by atoms with Gasteiger partial charge in [-0.3, -0.25) is 19.7 Å². The fraction of sp³-hybridized carbons (Fsp3) is 0.200. The number of nitrogens with one attached hydrogen (secondary N) is 2. The first-order valence-corrected chi connectivity index (χ1v) is 12.8. The predicted molar refractivity (Wildman–Crippen MR) is 149 cm³/mol. The molecule has 0 atom stereocenters. The Balaban J connectivity index is 1.52. The van der Waals surface area contributed by atoms with Crippen molar-refractivity contribution >= 4 is 41.2 Å². The highest BCUT2D eigenvalue weighted by molar-refractivity contribution is 6.39. The van der Waals surface area contributed by atoms with Crippen LogP contribution in [0.1, 0.15) is 25.8 Å². The van der Waals surface area contributed by atoms with E-state index in [1.165, 1.54) is 12.1 Å². The Hall–Kier alpha value is -5.12. The van der Waals surface area contributed by atoms with Crippen LogP contribution in [-0.2, 0) is 14.4 Å². The molecule has 3 aromatic carbocycles. The Morgan fingerprint density at radius 3 is 2.45 bits per heavy atom. The Morgan fingerprint density at radius 2 is 1.70 bits per heavy atom. The number of nitrogens with zero attached hydrogens (tertiary/aromatic N) is 1. The topological polar surface area (TPSA) is 123 Å². The van der Waals surface area contributed by atoms with Crippen molar-refractivity contribution in [2.45, 2.75) is 20.3 Å². The van der Waals surface area contributed by atoms with Gasteiger partial charge in [0.05, 0.1) is 18.9 Å². The van der Waals surface area contributed by atoms with Crippen molar-refractivity contribution in [1.29, 1.82) is 0 Å². The van der Waals surface area contributed by atoms with Gasteiger partial charge >= 0.3 is 6.03 Å². The quantitative estimate of drug-likeness (QED) is 0.269. The second-order valence-electron chi connectivity index (χ2n) is 8.65. The third-order valence-electron chi connectivity index (χ3n) is 5.65. The molecular weight excluding hydrogens is 514 g/mol. The average molecular weight is 544 g/mol. The molecule has 0 aromatic heterocycles. The number of ether oxygens (including phenoxy) is 3. The van der Waals surface area contributed by atoms with Crippen LogP contribution < -0.4 is 29.7 Å². The number of barbiturate groups is 1. The highest BCUT2D eigenvalue weighted by Gasteiger charge is 2.37. The monoisotopic (exact) mass is 543 g/mol. The summed E-state index contributed by atoms with van der Waals surface area (Å²) < 4.78 is 16.9. The van der Waals surface area contributed by atoms with Crippen molar-refractivity contribution in [3.8, 4) is 17.2 Å². The summed E-state index contributed by atoms with van der Waals surface area (Å²) >= 11 is 0. The number of rotatable bonds is 11. The van der Waals surface area contributed by atoms with E-state index in [9.17, 15) is 19.2 Å². The molecule has 1 aliphatic heterocycles. The van der Waals surface area contributed by atoms with Gasteiger partial charge in [0, 0.05) is 11.8 Å². The number of carbonyl (C=O) groups excluding carboxylic acids is 4. The van der Waals surface area contributed by atoms with Crippen LogP contribution in [0.2, 0.25) is 0 Å². The largest absolute Gasteiger partial charge is 0.490 e. The molecule has 10 nitrogen and oxygen atoms in total. The van der Waals surface area contributed by atoms with Gasteiger partial charge in [-0.25, -0.2) is 9.69 Å². The maximum Gasteiger partial charge on any atom is 0.335 e. The second kappa shape index (κ2) is 13.1. The van der Waals surface area contributed by atoms with Crippen molar-refractivity contribution in [1.82, 2.24) is 5.32 Å². The van der Waals surface area contributed by atoms with Crippen LogP contribution in [0, 0.1) is 0 Å². The van der Waals surface area contributed by atoms with Crippen molar-refractivity contribution in [3.63, 3.8) is 0 Å². The lowest BCUT2D eigenvalue weighted by Gasteiger charge is -2.27. The van der Waals surface area contributed by atoms with Gasteiger partial charge in [0.1, 0.15) is 11.3 Å². The number of para-hydroxylation sites is 1. The van der Waals surface area contributed by atoms with Crippen LogP contribution in [0.3, 0.4) is 0 Å². The molecule has 0 bridgehead atoms. The van der Waals surface area contributed by atoms with E-state index >= 15 is 0 Å². The number of anilines is 2. The lowest BCUT2D eigenvalue weighted by molar-refractivity contribution is -0.122. The molecule has 40 heavy (non-hydrogen) atoms. The van der Waals surface area contributed by atoms with E-state index in [4.69, 9.17) is 14.2 Å². The SMILES string of the molecule is CCCOc1ccc(N2C(=O)NC(=O)/C(=C\c3cccc(OCC(=O)Nc4ccccc4)c3)C2=O)cc1OCC. The van der Waals surface area contributed by atoms with Crippen LogP contribution in [-0.4, -0.2) is 43.6 Å². The number of hydrogen-bond donors (Lipinski definition) is 2. The maximum atomic E-state index is 13.4. The van der Waals surface area contributed by atoms with E-state index in [0.717, 1.165) is 11.3 Å². The molecule has 0 spiro atoms. The zero-order valence-electron chi connectivity index (χ0n) is 22.1. The number of urea groups is 1. The lowest BCUT2D eigenvalue weighted by Crippen LogP contribution is -2.54. The minimum Gasteiger partial charge on any atom is -0.490 e. The summed E-state index contributed by atoms with van der Waals surface area (Å²) in [5, 5.41) is 4.94. The van der Waals surface area contributed by atoms with Crippen molar-refractivity contribution in [3.05, 3.63) is 83.9 Å². The van der Waals surface area contributed by atoms with Crippen molar-refractivity contribution in [2.24, 2.45) is 0 Å². The van der Waals surface area contributed by atoms with Crippen LogP contribution in [0.25, 0.3) is 6.08 Å². The molecule has 1 saturated heterocycles. The number of carbonyl (C=O) groups is 4. The second-order valence-corrected chi connectivity index (χ2v) is 8.65. The third kappa shape index (κ3) is 6.84. The van der Waals surface area contributed by atoms with Crippen molar-refractivity contribution < 1.29 is 33.4 Å². The van der Waals surface area contributed by atoms with Gasteiger partial charge in [0.15, 0.2) is 18.1 Å². The average Bonchev–Trinajstić information content (AvgIpc) is 2.94. The van der Waals surface area contributed by atoms with Crippen LogP contribution >= 0.6 is 0 Å². The molecule has 0 unspecified atom stereocenters. The smallest absolute Gasteiger partial charge is 0.335 e. The van der Waals surface area contributed by atoms with Crippen LogP contribution in [0.4, 0.5) is 16.2 Å². The lowest BCUT2D eigenvalue weighted by atomic mass is 10.1. The Kier molecular flexibility index (Phi) is 9.14. The van der Waals surface area contributed by atoms with Gasteiger partial charge in [0.2, 0.25) is 0 Å². The van der Waals surface area contributed by atoms with Crippen LogP contribution in [0.5, 0.6) is 17.2 Å². The predicted octanol–water partition coefficient (Wildman–Crippen LogP) is 4.56. The van der Waals surface area contributed by atoms with E-state index in [1.54, 1.807) is 60.7 Å². The summed E-state index contributed by atoms with van der Waals surface area (Å²) in [6, 6.07) is 19.3. The highest BCUT2D eigenvalue weighted by Crippen LogP contribution is 2.34. The van der Waals surface area contributed by atoms with E-state index < -0.39 is 17.8 Å². The minimum atomic E-state index is -0.877. The molecule has 3 aromatic rings. The Morgan fingerprint density at radius 1 is 0.900 bits per heavy atom. The molecular formula is C30H29N3O7. The molecule has 0 saturated carbocycles. The van der Waals surface area contributed by atoms with Gasteiger partial charge in [0.25, 0.3) is 17.7 Å². The normalized spacial score (nSPS) is 14.1. The maximum absolute atomic E-state index is 13.4. The molecule has 10 heteroatoms. The number of imide groups is 2. The fourth-order valence-corrected chi connectivity index (χ4v) is 3.86. The van der Waals surface area contributed by atoms with Gasteiger partial charge in [-0.1, -0.05) is 37.3 Å². The first-order chi connectivity index (χ1) is 19.4. The zero-order valence-corrected chi connectivity index (χ0v) is 22.1. The molecule has 0 aliphatic carbocycles. The number of amides is 5. The molecule has 1 heterocycles. The first kappa shape index (κ1) is 27.9. The minimum absolute atomic E-state index is 0.217. The number of benzene rings is 3. The van der Waals surface area contributed by atoms with E-state index in [-0.39, 0.29) is 23.8 Å². The van der Waals surface area contributed by atoms with E-state index in [2.05, 4.69) is 10.6 Å². The van der Waals surface area contributed by atoms with Crippen LogP contribution in [0.15, 0.2) is 78.4 Å².